The van der Waals surface area contributed by atoms with Gasteiger partial charge < -0.3 is 9.64 Å². The SMILES string of the molecule is COCCN(c1ccnc(Cl)c1)C(C)C. The van der Waals surface area contributed by atoms with Gasteiger partial charge in [-0.25, -0.2) is 4.98 Å². The van der Waals surface area contributed by atoms with Gasteiger partial charge in [0.25, 0.3) is 0 Å². The van der Waals surface area contributed by atoms with Crippen molar-refractivity contribution >= 4 is 17.3 Å². The Hall–Kier alpha value is -0.800. The zero-order valence-electron chi connectivity index (χ0n) is 9.40. The van der Waals surface area contributed by atoms with Crippen molar-refractivity contribution in [2.45, 2.75) is 19.9 Å². The summed E-state index contributed by atoms with van der Waals surface area (Å²) < 4.78 is 5.08. The molecular weight excluding hydrogens is 212 g/mol. The van der Waals surface area contributed by atoms with E-state index in [2.05, 4.69) is 23.7 Å². The molecule has 15 heavy (non-hydrogen) atoms. The van der Waals surface area contributed by atoms with Crippen LogP contribution >= 0.6 is 11.6 Å². The van der Waals surface area contributed by atoms with Crippen LogP contribution in [0.4, 0.5) is 5.69 Å². The maximum Gasteiger partial charge on any atom is 0.131 e. The van der Waals surface area contributed by atoms with E-state index in [9.17, 15) is 0 Å². The first-order valence-electron chi connectivity index (χ1n) is 5.02. The molecule has 0 aliphatic carbocycles. The van der Waals surface area contributed by atoms with Crippen molar-refractivity contribution in [1.82, 2.24) is 4.98 Å². The van der Waals surface area contributed by atoms with E-state index in [1.165, 1.54) is 0 Å². The second-order valence-corrected chi connectivity index (χ2v) is 4.00. The molecule has 84 valence electrons. The Bertz CT molecular complexity index is 304. The number of methoxy groups -OCH3 is 1. The predicted octanol–water partition coefficient (Wildman–Crippen LogP) is 2.60. The Morgan fingerprint density at radius 2 is 2.27 bits per heavy atom. The van der Waals surface area contributed by atoms with Crippen LogP contribution in [0.5, 0.6) is 0 Å². The highest BCUT2D eigenvalue weighted by Gasteiger charge is 2.10. The van der Waals surface area contributed by atoms with Crippen molar-refractivity contribution in [3.05, 3.63) is 23.5 Å². The topological polar surface area (TPSA) is 25.4 Å². The zero-order chi connectivity index (χ0) is 11.3. The lowest BCUT2D eigenvalue weighted by Gasteiger charge is -2.28. The number of pyridine rings is 1. The van der Waals surface area contributed by atoms with Crippen LogP contribution in [0.15, 0.2) is 18.3 Å². The van der Waals surface area contributed by atoms with E-state index in [1.54, 1.807) is 13.3 Å². The molecule has 0 unspecified atom stereocenters. The first kappa shape index (κ1) is 12.3. The van der Waals surface area contributed by atoms with Gasteiger partial charge in [0.2, 0.25) is 0 Å². The highest BCUT2D eigenvalue weighted by atomic mass is 35.5. The average molecular weight is 229 g/mol. The molecule has 1 rings (SSSR count). The maximum absolute atomic E-state index is 5.86. The van der Waals surface area contributed by atoms with Gasteiger partial charge in [-0.15, -0.1) is 0 Å². The van der Waals surface area contributed by atoms with Gasteiger partial charge in [-0.05, 0) is 26.0 Å². The van der Waals surface area contributed by atoms with Crippen molar-refractivity contribution in [1.29, 1.82) is 0 Å². The summed E-state index contributed by atoms with van der Waals surface area (Å²) in [6.45, 7) is 5.85. The Morgan fingerprint density at radius 3 is 2.80 bits per heavy atom. The molecule has 1 heterocycles. The molecular formula is C11H17ClN2O. The zero-order valence-corrected chi connectivity index (χ0v) is 10.2. The van der Waals surface area contributed by atoms with Crippen LogP contribution in [0.25, 0.3) is 0 Å². The first-order chi connectivity index (χ1) is 7.15. The lowest BCUT2D eigenvalue weighted by molar-refractivity contribution is 0.204. The van der Waals surface area contributed by atoms with Crippen molar-refractivity contribution < 1.29 is 4.74 Å². The summed E-state index contributed by atoms with van der Waals surface area (Å²) in [5.41, 5.74) is 1.09. The molecule has 0 fully saturated rings. The first-order valence-corrected chi connectivity index (χ1v) is 5.40. The molecule has 0 N–H and O–H groups in total. The molecule has 0 bridgehead atoms. The van der Waals surface area contributed by atoms with Crippen molar-refractivity contribution in [3.63, 3.8) is 0 Å². The third-order valence-corrected chi connectivity index (χ3v) is 2.41. The predicted molar refractivity (Wildman–Crippen MR) is 63.6 cm³/mol. The fraction of sp³-hybridized carbons (Fsp3) is 0.545. The average Bonchev–Trinajstić information content (AvgIpc) is 2.18. The van der Waals surface area contributed by atoms with E-state index >= 15 is 0 Å². The van der Waals surface area contributed by atoms with Crippen LogP contribution in [0.1, 0.15) is 13.8 Å². The van der Waals surface area contributed by atoms with Crippen molar-refractivity contribution in [3.8, 4) is 0 Å². The van der Waals surface area contributed by atoms with E-state index in [1.807, 2.05) is 12.1 Å². The number of nitrogens with zero attached hydrogens (tertiary/aromatic N) is 2. The molecule has 0 aliphatic heterocycles. The van der Waals surface area contributed by atoms with Gasteiger partial charge in [-0.1, -0.05) is 11.6 Å². The Labute approximate surface area is 96.0 Å². The molecule has 1 aromatic rings. The third kappa shape index (κ3) is 3.68. The van der Waals surface area contributed by atoms with Crippen molar-refractivity contribution in [2.75, 3.05) is 25.2 Å². The lowest BCUT2D eigenvalue weighted by atomic mass is 10.2. The van der Waals surface area contributed by atoms with E-state index in [0.29, 0.717) is 17.8 Å². The summed E-state index contributed by atoms with van der Waals surface area (Å²) in [5, 5.41) is 0.524. The summed E-state index contributed by atoms with van der Waals surface area (Å²) in [4.78, 5) is 6.20. The minimum Gasteiger partial charge on any atom is -0.383 e. The van der Waals surface area contributed by atoms with Crippen LogP contribution in [0.3, 0.4) is 0 Å². The highest BCUT2D eigenvalue weighted by molar-refractivity contribution is 6.29. The van der Waals surface area contributed by atoms with Gasteiger partial charge in [0.1, 0.15) is 5.15 Å². The molecule has 0 amide bonds. The van der Waals surface area contributed by atoms with Crippen LogP contribution in [-0.2, 0) is 4.74 Å². The molecule has 0 radical (unpaired) electrons. The summed E-state index contributed by atoms with van der Waals surface area (Å²) >= 11 is 5.86. The van der Waals surface area contributed by atoms with E-state index in [-0.39, 0.29) is 0 Å². The van der Waals surface area contributed by atoms with Crippen LogP contribution < -0.4 is 4.90 Å². The number of halogens is 1. The Morgan fingerprint density at radius 1 is 1.53 bits per heavy atom. The number of ether oxygens (including phenoxy) is 1. The minimum atomic E-state index is 0.415. The fourth-order valence-corrected chi connectivity index (χ4v) is 1.61. The minimum absolute atomic E-state index is 0.415. The van der Waals surface area contributed by atoms with Gasteiger partial charge in [0.05, 0.1) is 6.61 Å². The summed E-state index contributed by atoms with van der Waals surface area (Å²) in [6, 6.07) is 4.25. The molecule has 3 nitrogen and oxygen atoms in total. The van der Waals surface area contributed by atoms with Gasteiger partial charge in [-0.2, -0.15) is 0 Å². The van der Waals surface area contributed by atoms with Crippen LogP contribution in [0, 0.1) is 0 Å². The number of anilines is 1. The molecule has 4 heteroatoms. The molecule has 0 saturated carbocycles. The second kappa shape index (κ2) is 5.93. The number of rotatable bonds is 5. The summed E-state index contributed by atoms with van der Waals surface area (Å²) in [7, 11) is 1.71. The molecule has 1 aromatic heterocycles. The maximum atomic E-state index is 5.86. The monoisotopic (exact) mass is 228 g/mol. The summed E-state index contributed by atoms with van der Waals surface area (Å²) in [5.74, 6) is 0. The van der Waals surface area contributed by atoms with Crippen LogP contribution in [-0.4, -0.2) is 31.3 Å². The normalized spacial score (nSPS) is 10.7. The van der Waals surface area contributed by atoms with Gasteiger partial charge in [-0.3, -0.25) is 0 Å². The number of aromatic nitrogens is 1. The summed E-state index contributed by atoms with van der Waals surface area (Å²) in [6.07, 6.45) is 1.72. The van der Waals surface area contributed by atoms with E-state index < -0.39 is 0 Å². The molecule has 0 spiro atoms. The molecule has 0 aromatic carbocycles. The number of hydrogen-bond acceptors (Lipinski definition) is 3. The Kier molecular flexibility index (Phi) is 4.85. The van der Waals surface area contributed by atoms with Crippen LogP contribution in [0.2, 0.25) is 5.15 Å². The molecule has 0 saturated heterocycles. The van der Waals surface area contributed by atoms with E-state index in [4.69, 9.17) is 16.3 Å². The number of hydrogen-bond donors (Lipinski definition) is 0. The second-order valence-electron chi connectivity index (χ2n) is 3.62. The Balaban J connectivity index is 2.79. The van der Waals surface area contributed by atoms with Crippen molar-refractivity contribution in [2.24, 2.45) is 0 Å². The smallest absolute Gasteiger partial charge is 0.131 e. The highest BCUT2D eigenvalue weighted by Crippen LogP contribution is 2.19. The fourth-order valence-electron chi connectivity index (χ4n) is 1.45. The standard InChI is InChI=1S/C11H17ClN2O/c1-9(2)14(6-7-15-3)10-4-5-13-11(12)8-10/h4-5,8-9H,6-7H2,1-3H3. The quantitative estimate of drug-likeness (QED) is 0.725. The van der Waals surface area contributed by atoms with Gasteiger partial charge in [0.15, 0.2) is 0 Å². The largest absolute Gasteiger partial charge is 0.383 e. The molecule has 0 atom stereocenters. The van der Waals surface area contributed by atoms with Gasteiger partial charge >= 0.3 is 0 Å². The molecule has 0 aliphatic rings. The van der Waals surface area contributed by atoms with E-state index in [0.717, 1.165) is 12.2 Å². The lowest BCUT2D eigenvalue weighted by Crippen LogP contribution is -2.33. The third-order valence-electron chi connectivity index (χ3n) is 2.20. The van der Waals surface area contributed by atoms with Gasteiger partial charge in [0, 0.05) is 31.6 Å².